The van der Waals surface area contributed by atoms with Gasteiger partial charge >= 0.3 is 0 Å². The van der Waals surface area contributed by atoms with Crippen molar-refractivity contribution in [2.75, 3.05) is 11.9 Å². The molecule has 1 atom stereocenters. The Kier molecular flexibility index (Phi) is 6.60. The van der Waals surface area contributed by atoms with Gasteiger partial charge in [-0.2, -0.15) is 0 Å². The molecule has 0 amide bonds. The summed E-state index contributed by atoms with van der Waals surface area (Å²) >= 11 is 6.69. The molecule has 0 aliphatic heterocycles. The maximum absolute atomic E-state index is 13.7. The van der Waals surface area contributed by atoms with E-state index in [0.29, 0.717) is 35.5 Å². The topological polar surface area (TPSA) is 81.4 Å². The van der Waals surface area contributed by atoms with E-state index in [1.54, 1.807) is 12.4 Å². The maximum Gasteiger partial charge on any atom is 0.263 e. The van der Waals surface area contributed by atoms with Crippen LogP contribution in [0.25, 0.3) is 10.9 Å². The van der Waals surface area contributed by atoms with Crippen molar-refractivity contribution < 1.29 is 8.78 Å². The first-order valence-electron chi connectivity index (χ1n) is 12.4. The highest BCUT2D eigenvalue weighted by Crippen LogP contribution is 2.48. The average molecular weight is 526 g/mol. The SMILES string of the molecule is Cc1ncccc1C(Cc1cc(Cl)c2ncnc(NCC(C)(C)C)c2c1)c1cn(C2(C(F)F)CC2)nn1. The molecule has 194 valence electrons. The number of halogens is 3. The van der Waals surface area contributed by atoms with E-state index in [9.17, 15) is 8.78 Å². The van der Waals surface area contributed by atoms with Crippen molar-refractivity contribution >= 4 is 28.3 Å². The van der Waals surface area contributed by atoms with Gasteiger partial charge in [0.25, 0.3) is 6.43 Å². The van der Waals surface area contributed by atoms with E-state index in [0.717, 1.165) is 34.6 Å². The average Bonchev–Trinajstić information content (AvgIpc) is 3.52. The minimum Gasteiger partial charge on any atom is -0.369 e. The van der Waals surface area contributed by atoms with Gasteiger partial charge in [0, 0.05) is 35.9 Å². The molecular formula is C27H30ClF2N7. The number of rotatable bonds is 8. The molecule has 1 unspecified atom stereocenters. The summed E-state index contributed by atoms with van der Waals surface area (Å²) in [6.45, 7) is 9.11. The Balaban J connectivity index is 1.55. The molecule has 37 heavy (non-hydrogen) atoms. The number of pyridine rings is 1. The molecule has 0 bridgehead atoms. The monoisotopic (exact) mass is 525 g/mol. The lowest BCUT2D eigenvalue weighted by Gasteiger charge is -2.20. The van der Waals surface area contributed by atoms with Crippen molar-refractivity contribution in [2.24, 2.45) is 5.41 Å². The van der Waals surface area contributed by atoms with Crippen molar-refractivity contribution in [1.29, 1.82) is 0 Å². The Hall–Kier alpha value is -3.20. The first-order valence-corrected chi connectivity index (χ1v) is 12.7. The predicted molar refractivity (Wildman–Crippen MR) is 140 cm³/mol. The third-order valence-electron chi connectivity index (χ3n) is 6.89. The van der Waals surface area contributed by atoms with Gasteiger partial charge in [-0.05, 0) is 60.9 Å². The van der Waals surface area contributed by atoms with Crippen LogP contribution in [0.3, 0.4) is 0 Å². The third-order valence-corrected chi connectivity index (χ3v) is 7.18. The number of fused-ring (bicyclic) bond motifs is 1. The minimum absolute atomic E-state index is 0.0601. The van der Waals surface area contributed by atoms with Gasteiger partial charge in [0.15, 0.2) is 0 Å². The Morgan fingerprint density at radius 3 is 2.62 bits per heavy atom. The molecular weight excluding hydrogens is 496 g/mol. The van der Waals surface area contributed by atoms with Crippen molar-refractivity contribution in [3.8, 4) is 0 Å². The molecule has 1 aromatic carbocycles. The van der Waals surface area contributed by atoms with E-state index >= 15 is 0 Å². The van der Waals surface area contributed by atoms with Gasteiger partial charge in [-0.3, -0.25) is 4.98 Å². The molecule has 1 fully saturated rings. The number of nitrogens with zero attached hydrogens (tertiary/aromatic N) is 6. The van der Waals surface area contributed by atoms with Crippen LogP contribution in [0.1, 0.15) is 62.0 Å². The zero-order valence-corrected chi connectivity index (χ0v) is 22.1. The molecule has 3 aromatic heterocycles. The van der Waals surface area contributed by atoms with Crippen LogP contribution in [0.15, 0.2) is 43.0 Å². The van der Waals surface area contributed by atoms with Crippen LogP contribution >= 0.6 is 11.6 Å². The lowest BCUT2D eigenvalue weighted by atomic mass is 9.88. The summed E-state index contributed by atoms with van der Waals surface area (Å²) in [5.74, 6) is 0.469. The summed E-state index contributed by atoms with van der Waals surface area (Å²) in [6, 6.07) is 7.80. The molecule has 0 spiro atoms. The Bertz CT molecular complexity index is 1430. The van der Waals surface area contributed by atoms with E-state index in [1.165, 1.54) is 11.0 Å². The summed E-state index contributed by atoms with van der Waals surface area (Å²) in [7, 11) is 0. The van der Waals surface area contributed by atoms with E-state index < -0.39 is 12.0 Å². The van der Waals surface area contributed by atoms with Crippen LogP contribution < -0.4 is 5.32 Å². The van der Waals surface area contributed by atoms with Crippen molar-refractivity contribution in [1.82, 2.24) is 29.9 Å². The highest BCUT2D eigenvalue weighted by atomic mass is 35.5. The van der Waals surface area contributed by atoms with Crippen molar-refractivity contribution in [3.05, 3.63) is 70.5 Å². The molecule has 0 saturated heterocycles. The molecule has 7 nitrogen and oxygen atoms in total. The standard InChI is InChI=1S/C27H30ClF2N7/c1-16-18(6-5-9-31-16)19(22-13-37(36-35-22)27(7-8-27)25(29)30)10-17-11-20-23(21(28)12-17)33-15-34-24(20)32-14-26(2,3)4/h5-6,9,11-13,15,19,25H,7-8,10,14H2,1-4H3,(H,32,33,34). The quantitative estimate of drug-likeness (QED) is 0.296. The number of anilines is 1. The number of aromatic nitrogens is 6. The molecule has 0 radical (unpaired) electrons. The molecule has 5 rings (SSSR count). The van der Waals surface area contributed by atoms with Gasteiger partial charge in [-0.15, -0.1) is 5.10 Å². The fourth-order valence-corrected chi connectivity index (χ4v) is 4.88. The molecule has 1 aliphatic rings. The summed E-state index contributed by atoms with van der Waals surface area (Å²) in [5.41, 5.74) is 2.87. The highest BCUT2D eigenvalue weighted by Gasteiger charge is 2.54. The number of hydrogen-bond donors (Lipinski definition) is 1. The molecule has 3 heterocycles. The van der Waals surface area contributed by atoms with Crippen LogP contribution in [0.2, 0.25) is 5.02 Å². The molecule has 10 heteroatoms. The summed E-state index contributed by atoms with van der Waals surface area (Å²) in [4.78, 5) is 13.3. The molecule has 1 N–H and O–H groups in total. The highest BCUT2D eigenvalue weighted by molar-refractivity contribution is 6.35. The molecule has 4 aromatic rings. The molecule has 1 saturated carbocycles. The summed E-state index contributed by atoms with van der Waals surface area (Å²) in [6.07, 6.45) is 3.74. The van der Waals surface area contributed by atoms with Gasteiger partial charge < -0.3 is 5.32 Å². The van der Waals surface area contributed by atoms with E-state index in [-0.39, 0.29) is 11.3 Å². The van der Waals surface area contributed by atoms with Gasteiger partial charge in [0.05, 0.1) is 16.2 Å². The normalized spacial score (nSPS) is 15.8. The minimum atomic E-state index is -2.49. The number of alkyl halides is 2. The number of aryl methyl sites for hydroxylation is 1. The van der Waals surface area contributed by atoms with Gasteiger partial charge in [-0.1, -0.05) is 43.7 Å². The number of nitrogens with one attached hydrogen (secondary N) is 1. The smallest absolute Gasteiger partial charge is 0.263 e. The fourth-order valence-electron chi connectivity index (χ4n) is 4.59. The zero-order chi connectivity index (χ0) is 26.4. The fraction of sp³-hybridized carbons (Fsp3) is 0.444. The van der Waals surface area contributed by atoms with Crippen LogP contribution in [-0.4, -0.2) is 42.9 Å². The Morgan fingerprint density at radius 1 is 1.16 bits per heavy atom. The second kappa shape index (κ2) is 9.59. The Labute approximate surface area is 219 Å². The predicted octanol–water partition coefficient (Wildman–Crippen LogP) is 6.16. The number of hydrogen-bond acceptors (Lipinski definition) is 6. The molecule has 1 aliphatic carbocycles. The Morgan fingerprint density at radius 2 is 1.95 bits per heavy atom. The largest absolute Gasteiger partial charge is 0.369 e. The zero-order valence-electron chi connectivity index (χ0n) is 21.3. The van der Waals surface area contributed by atoms with E-state index in [4.69, 9.17) is 11.6 Å². The van der Waals surface area contributed by atoms with Crippen molar-refractivity contribution in [2.45, 2.75) is 64.8 Å². The van der Waals surface area contributed by atoms with Crippen LogP contribution in [-0.2, 0) is 12.0 Å². The first kappa shape index (κ1) is 25.4. The summed E-state index contributed by atoms with van der Waals surface area (Å²) < 4.78 is 28.8. The van der Waals surface area contributed by atoms with Gasteiger partial charge in [0.1, 0.15) is 17.7 Å². The summed E-state index contributed by atoms with van der Waals surface area (Å²) in [5, 5.41) is 13.3. The van der Waals surface area contributed by atoms with Crippen LogP contribution in [0.4, 0.5) is 14.6 Å². The van der Waals surface area contributed by atoms with E-state index in [2.05, 4.69) is 51.4 Å². The lowest BCUT2D eigenvalue weighted by Crippen LogP contribution is -2.26. The second-order valence-electron chi connectivity index (χ2n) is 11.0. The van der Waals surface area contributed by atoms with Gasteiger partial charge in [0.2, 0.25) is 0 Å². The lowest BCUT2D eigenvalue weighted by molar-refractivity contribution is 0.0593. The van der Waals surface area contributed by atoms with Crippen LogP contribution in [0, 0.1) is 12.3 Å². The first-order chi connectivity index (χ1) is 17.6. The van der Waals surface area contributed by atoms with Crippen molar-refractivity contribution in [3.63, 3.8) is 0 Å². The van der Waals surface area contributed by atoms with E-state index in [1.807, 2.05) is 31.2 Å². The maximum atomic E-state index is 13.7. The third kappa shape index (κ3) is 5.14. The van der Waals surface area contributed by atoms with Gasteiger partial charge in [-0.25, -0.2) is 23.4 Å². The number of benzene rings is 1. The van der Waals surface area contributed by atoms with Crippen LogP contribution in [0.5, 0.6) is 0 Å². The second-order valence-corrected chi connectivity index (χ2v) is 11.4.